The molecule has 0 saturated heterocycles. The fourth-order valence-electron chi connectivity index (χ4n) is 2.62. The molecule has 5 nitrogen and oxygen atoms in total. The van der Waals surface area contributed by atoms with Crippen LogP contribution in [0.1, 0.15) is 33.6 Å². The van der Waals surface area contributed by atoms with Gasteiger partial charge in [0.15, 0.2) is 0 Å². The van der Waals surface area contributed by atoms with Crippen molar-refractivity contribution in [3.05, 3.63) is 0 Å². The Kier molecular flexibility index (Phi) is 4.73. The van der Waals surface area contributed by atoms with E-state index in [2.05, 4.69) is 12.2 Å². The molecule has 0 radical (unpaired) electrons. The fraction of sp³-hybridized carbons (Fsp3) is 0.846. The summed E-state index contributed by atoms with van der Waals surface area (Å²) in [5.41, 5.74) is 5.27. The lowest BCUT2D eigenvalue weighted by atomic mass is 9.62. The van der Waals surface area contributed by atoms with Crippen molar-refractivity contribution in [3.8, 4) is 0 Å². The average molecular weight is 255 g/mol. The smallest absolute Gasteiger partial charge is 0.244 e. The van der Waals surface area contributed by atoms with Crippen LogP contribution in [-0.4, -0.2) is 42.9 Å². The maximum atomic E-state index is 12.2. The van der Waals surface area contributed by atoms with Gasteiger partial charge in [-0.05, 0) is 32.6 Å². The molecular formula is C13H25N3O2. The lowest BCUT2D eigenvalue weighted by molar-refractivity contribution is -0.142. The van der Waals surface area contributed by atoms with E-state index in [0.29, 0.717) is 19.0 Å². The summed E-state index contributed by atoms with van der Waals surface area (Å²) in [6.07, 6.45) is 1.64. The minimum Gasteiger partial charge on any atom is -0.344 e. The molecule has 1 aliphatic carbocycles. The van der Waals surface area contributed by atoms with Crippen molar-refractivity contribution in [3.63, 3.8) is 0 Å². The quantitative estimate of drug-likeness (QED) is 0.744. The van der Waals surface area contributed by atoms with E-state index in [1.54, 1.807) is 18.9 Å². The highest BCUT2D eigenvalue weighted by Gasteiger charge is 2.47. The Morgan fingerprint density at radius 1 is 1.50 bits per heavy atom. The Morgan fingerprint density at radius 3 is 2.44 bits per heavy atom. The van der Waals surface area contributed by atoms with Gasteiger partial charge < -0.3 is 16.0 Å². The van der Waals surface area contributed by atoms with E-state index in [9.17, 15) is 9.59 Å². The number of carbonyl (C=O) groups is 2. The van der Waals surface area contributed by atoms with Crippen LogP contribution in [0.3, 0.4) is 0 Å². The maximum absolute atomic E-state index is 12.2. The minimum absolute atomic E-state index is 0.0645. The van der Waals surface area contributed by atoms with Gasteiger partial charge in [0.2, 0.25) is 11.8 Å². The van der Waals surface area contributed by atoms with E-state index in [-0.39, 0.29) is 11.8 Å². The zero-order valence-corrected chi connectivity index (χ0v) is 11.8. The summed E-state index contributed by atoms with van der Waals surface area (Å²) in [7, 11) is 1.73. The van der Waals surface area contributed by atoms with Crippen molar-refractivity contribution in [2.45, 2.75) is 39.7 Å². The Bertz CT molecular complexity index is 324. The Hall–Kier alpha value is -1.10. The van der Waals surface area contributed by atoms with Gasteiger partial charge >= 0.3 is 0 Å². The first-order valence-electron chi connectivity index (χ1n) is 6.62. The zero-order valence-electron chi connectivity index (χ0n) is 11.8. The van der Waals surface area contributed by atoms with Gasteiger partial charge in [-0.2, -0.15) is 0 Å². The molecule has 18 heavy (non-hydrogen) atoms. The van der Waals surface area contributed by atoms with Gasteiger partial charge in [0.25, 0.3) is 0 Å². The van der Waals surface area contributed by atoms with Crippen molar-refractivity contribution in [1.82, 2.24) is 10.2 Å². The third kappa shape index (κ3) is 2.83. The highest BCUT2D eigenvalue weighted by atomic mass is 16.2. The summed E-state index contributed by atoms with van der Waals surface area (Å²) in [6.45, 7) is 6.73. The molecule has 3 N–H and O–H groups in total. The van der Waals surface area contributed by atoms with Crippen LogP contribution in [0.4, 0.5) is 0 Å². The van der Waals surface area contributed by atoms with Gasteiger partial charge in [0, 0.05) is 20.1 Å². The highest BCUT2D eigenvalue weighted by molar-refractivity contribution is 5.90. The standard InChI is InChI=1S/C13H25N3O2/c1-5-16(4)11(17)10(3)15-12(18)13(8-14)6-9(2)7-13/h9-10H,5-8,14H2,1-4H3,(H,15,18). The van der Waals surface area contributed by atoms with E-state index in [0.717, 1.165) is 12.8 Å². The molecule has 1 rings (SSSR count). The van der Waals surface area contributed by atoms with Crippen molar-refractivity contribution in [2.75, 3.05) is 20.1 Å². The van der Waals surface area contributed by atoms with Gasteiger partial charge in [-0.15, -0.1) is 0 Å². The molecule has 0 aromatic heterocycles. The van der Waals surface area contributed by atoms with Crippen LogP contribution in [0.15, 0.2) is 0 Å². The van der Waals surface area contributed by atoms with Crippen LogP contribution < -0.4 is 11.1 Å². The van der Waals surface area contributed by atoms with E-state index >= 15 is 0 Å². The van der Waals surface area contributed by atoms with Crippen LogP contribution in [0.5, 0.6) is 0 Å². The van der Waals surface area contributed by atoms with Crippen LogP contribution in [0.25, 0.3) is 0 Å². The Balaban J connectivity index is 2.57. The minimum atomic E-state index is -0.484. The summed E-state index contributed by atoms with van der Waals surface area (Å²) < 4.78 is 0. The molecule has 1 atom stereocenters. The summed E-state index contributed by atoms with van der Waals surface area (Å²) in [4.78, 5) is 25.7. The Labute approximate surface area is 109 Å². The normalized spacial score (nSPS) is 28.2. The molecular weight excluding hydrogens is 230 g/mol. The number of hydrogen-bond acceptors (Lipinski definition) is 3. The molecule has 0 aromatic carbocycles. The second kappa shape index (κ2) is 5.69. The van der Waals surface area contributed by atoms with Crippen LogP contribution in [-0.2, 0) is 9.59 Å². The predicted octanol–water partition coefficient (Wildman–Crippen LogP) is 0.344. The van der Waals surface area contributed by atoms with Gasteiger partial charge in [-0.1, -0.05) is 6.92 Å². The third-order valence-electron chi connectivity index (χ3n) is 3.92. The van der Waals surface area contributed by atoms with Crippen LogP contribution in [0, 0.1) is 11.3 Å². The molecule has 1 saturated carbocycles. The molecule has 0 heterocycles. The van der Waals surface area contributed by atoms with Gasteiger partial charge in [0.05, 0.1) is 5.41 Å². The number of amides is 2. The fourth-order valence-corrected chi connectivity index (χ4v) is 2.62. The molecule has 0 aromatic rings. The monoisotopic (exact) mass is 255 g/mol. The molecule has 104 valence electrons. The van der Waals surface area contributed by atoms with E-state index in [4.69, 9.17) is 5.73 Å². The third-order valence-corrected chi connectivity index (χ3v) is 3.92. The predicted molar refractivity (Wildman–Crippen MR) is 70.8 cm³/mol. The van der Waals surface area contributed by atoms with E-state index in [1.165, 1.54) is 0 Å². The number of likely N-dealkylation sites (N-methyl/N-ethyl adjacent to an activating group) is 1. The molecule has 1 aliphatic rings. The first-order valence-corrected chi connectivity index (χ1v) is 6.62. The number of carbonyl (C=O) groups excluding carboxylic acids is 2. The van der Waals surface area contributed by atoms with Crippen molar-refractivity contribution in [1.29, 1.82) is 0 Å². The first kappa shape index (κ1) is 15.0. The summed E-state index contributed by atoms with van der Waals surface area (Å²) in [5, 5.41) is 2.80. The molecule has 1 fully saturated rings. The number of hydrogen-bond donors (Lipinski definition) is 2. The molecule has 0 aliphatic heterocycles. The summed E-state index contributed by atoms with van der Waals surface area (Å²) >= 11 is 0. The second-order valence-corrected chi connectivity index (χ2v) is 5.55. The molecule has 0 spiro atoms. The van der Waals surface area contributed by atoms with Crippen LogP contribution in [0.2, 0.25) is 0 Å². The van der Waals surface area contributed by atoms with E-state index < -0.39 is 11.5 Å². The molecule has 0 bridgehead atoms. The van der Waals surface area contributed by atoms with Crippen molar-refractivity contribution < 1.29 is 9.59 Å². The highest BCUT2D eigenvalue weighted by Crippen LogP contribution is 2.44. The van der Waals surface area contributed by atoms with Gasteiger partial charge in [0.1, 0.15) is 6.04 Å². The van der Waals surface area contributed by atoms with Gasteiger partial charge in [-0.3, -0.25) is 9.59 Å². The number of nitrogens with zero attached hydrogens (tertiary/aromatic N) is 1. The average Bonchev–Trinajstić information content (AvgIpc) is 2.32. The maximum Gasteiger partial charge on any atom is 0.244 e. The molecule has 1 unspecified atom stereocenters. The lowest BCUT2D eigenvalue weighted by Gasteiger charge is -2.44. The summed E-state index contributed by atoms with van der Waals surface area (Å²) in [5.74, 6) is 0.405. The van der Waals surface area contributed by atoms with Crippen LogP contribution >= 0.6 is 0 Å². The van der Waals surface area contributed by atoms with Gasteiger partial charge in [-0.25, -0.2) is 0 Å². The Morgan fingerprint density at radius 2 is 2.06 bits per heavy atom. The first-order chi connectivity index (χ1) is 8.36. The number of rotatable bonds is 5. The van der Waals surface area contributed by atoms with Crippen molar-refractivity contribution in [2.24, 2.45) is 17.1 Å². The largest absolute Gasteiger partial charge is 0.344 e. The lowest BCUT2D eigenvalue weighted by Crippen LogP contribution is -2.57. The summed E-state index contributed by atoms with van der Waals surface area (Å²) in [6, 6.07) is -0.484. The number of nitrogens with one attached hydrogen (secondary N) is 1. The second-order valence-electron chi connectivity index (χ2n) is 5.55. The molecule has 2 amide bonds. The zero-order chi connectivity index (χ0) is 13.9. The van der Waals surface area contributed by atoms with Crippen molar-refractivity contribution >= 4 is 11.8 Å². The topological polar surface area (TPSA) is 75.4 Å². The SMILES string of the molecule is CCN(C)C(=O)C(C)NC(=O)C1(CN)CC(C)C1. The number of nitrogens with two attached hydrogens (primary N) is 1. The van der Waals surface area contributed by atoms with E-state index in [1.807, 2.05) is 6.92 Å². The molecule has 5 heteroatoms.